The van der Waals surface area contributed by atoms with E-state index in [0.717, 1.165) is 12.8 Å². The number of aryl methyl sites for hydroxylation is 2. The molecule has 0 bridgehead atoms. The van der Waals surface area contributed by atoms with E-state index < -0.39 is 0 Å². The van der Waals surface area contributed by atoms with Crippen molar-refractivity contribution in [1.82, 2.24) is 0 Å². The van der Waals surface area contributed by atoms with Crippen molar-refractivity contribution in [2.75, 3.05) is 0 Å². The molecular weight excluding hydrogens is 355 g/mol. The van der Waals surface area contributed by atoms with Crippen molar-refractivity contribution in [1.29, 1.82) is 0 Å². The van der Waals surface area contributed by atoms with Gasteiger partial charge in [0.05, 0.1) is 0 Å². The Morgan fingerprint density at radius 3 is 1.39 bits per heavy atom. The Balaban J connectivity index is 0.000000160. The van der Waals surface area contributed by atoms with E-state index in [9.17, 15) is 0 Å². The van der Waals surface area contributed by atoms with Crippen LogP contribution in [-0.4, -0.2) is 0 Å². The van der Waals surface area contributed by atoms with Crippen LogP contribution in [0.4, 0.5) is 0 Å². The van der Waals surface area contributed by atoms with E-state index in [1.165, 1.54) is 32.7 Å². The van der Waals surface area contributed by atoms with Gasteiger partial charge in [-0.2, -0.15) is 12.1 Å². The molecule has 0 saturated carbocycles. The van der Waals surface area contributed by atoms with Gasteiger partial charge < -0.3 is 0 Å². The van der Waals surface area contributed by atoms with E-state index in [4.69, 9.17) is 0 Å². The first kappa shape index (κ1) is 17.9. The smallest absolute Gasteiger partial charge is 0.165 e. The van der Waals surface area contributed by atoms with Crippen LogP contribution in [-0.2, 0) is 39.0 Å². The maximum Gasteiger partial charge on any atom is 2.00 e. The fraction of sp³-hybridized carbons (Fsp3) is 0.182. The third kappa shape index (κ3) is 4.30. The Labute approximate surface area is 158 Å². The fourth-order valence-electron chi connectivity index (χ4n) is 2.84. The van der Waals surface area contributed by atoms with Crippen molar-refractivity contribution in [2.24, 2.45) is 0 Å². The van der Waals surface area contributed by atoms with E-state index in [0.29, 0.717) is 0 Å². The zero-order chi connectivity index (χ0) is 15.4. The summed E-state index contributed by atoms with van der Waals surface area (Å²) in [5.41, 5.74) is 2.87. The van der Waals surface area contributed by atoms with Crippen LogP contribution in [0.15, 0.2) is 72.8 Å². The third-order valence-corrected chi connectivity index (χ3v) is 4.17. The molecule has 1 heteroatoms. The van der Waals surface area contributed by atoms with Crippen LogP contribution in [0.1, 0.15) is 25.0 Å². The van der Waals surface area contributed by atoms with E-state index in [-0.39, 0.29) is 26.2 Å². The zero-order valence-electron chi connectivity index (χ0n) is 13.8. The molecule has 0 unspecified atom stereocenters. The van der Waals surface area contributed by atoms with Crippen LogP contribution in [0.5, 0.6) is 0 Å². The molecule has 0 aliphatic heterocycles. The van der Waals surface area contributed by atoms with Gasteiger partial charge in [0.25, 0.3) is 0 Å². The van der Waals surface area contributed by atoms with Crippen LogP contribution in [0.2, 0.25) is 0 Å². The molecule has 0 nitrogen and oxygen atoms in total. The van der Waals surface area contributed by atoms with Crippen LogP contribution in [0.3, 0.4) is 0 Å². The van der Waals surface area contributed by atoms with Gasteiger partial charge in [0, 0.05) is 0 Å². The largest absolute Gasteiger partial charge is 2.00 e. The molecule has 0 spiro atoms. The first-order valence-corrected chi connectivity index (χ1v) is 8.09. The normalized spacial score (nSPS) is 10.2. The molecule has 0 N–H and O–H groups in total. The molecule has 0 aliphatic carbocycles. The molecule has 0 radical (unpaired) electrons. The van der Waals surface area contributed by atoms with Gasteiger partial charge in [-0.25, -0.2) is 0 Å². The SMILES string of the molecule is CCc1cc2ccccc2[cH-]1.CCc1cc2ccccc2[cH-]1.[Zr+2]. The average molecular weight is 378 g/mol. The maximum absolute atomic E-state index is 2.26. The summed E-state index contributed by atoms with van der Waals surface area (Å²) < 4.78 is 0. The van der Waals surface area contributed by atoms with Crippen molar-refractivity contribution in [3.8, 4) is 0 Å². The Hall–Kier alpha value is -1.46. The quantitative estimate of drug-likeness (QED) is 0.363. The second-order valence-corrected chi connectivity index (χ2v) is 5.69. The average Bonchev–Trinajstić information content (AvgIpc) is 3.18. The topological polar surface area (TPSA) is 0 Å². The third-order valence-electron chi connectivity index (χ3n) is 4.17. The minimum absolute atomic E-state index is 0. The Bertz CT molecular complexity index is 724. The standard InChI is InChI=1S/2C11H11.Zr/c2*1-2-9-7-10-5-3-4-6-11(10)8-9;/h2*3-8H,2H2,1H3;/q2*-1;+2. The first-order valence-electron chi connectivity index (χ1n) is 8.09. The molecule has 4 aromatic rings. The summed E-state index contributed by atoms with van der Waals surface area (Å²) >= 11 is 0. The molecule has 0 aliphatic rings. The van der Waals surface area contributed by atoms with E-state index in [1.54, 1.807) is 0 Å². The van der Waals surface area contributed by atoms with Crippen LogP contribution < -0.4 is 0 Å². The predicted molar refractivity (Wildman–Crippen MR) is 97.8 cm³/mol. The Morgan fingerprint density at radius 1 is 0.652 bits per heavy atom. The zero-order valence-corrected chi connectivity index (χ0v) is 16.3. The van der Waals surface area contributed by atoms with Crippen molar-refractivity contribution in [2.45, 2.75) is 26.7 Å². The molecule has 0 aromatic heterocycles. The number of fused-ring (bicyclic) bond motifs is 2. The van der Waals surface area contributed by atoms with Crippen molar-refractivity contribution >= 4 is 21.5 Å². The molecular formula is C22H22Zr. The number of rotatable bonds is 2. The van der Waals surface area contributed by atoms with Crippen LogP contribution in [0.25, 0.3) is 21.5 Å². The maximum atomic E-state index is 2.26. The predicted octanol–water partition coefficient (Wildman–Crippen LogP) is 6.24. The number of benzene rings is 2. The van der Waals surface area contributed by atoms with Gasteiger partial charge >= 0.3 is 26.2 Å². The Kier molecular flexibility index (Phi) is 6.54. The summed E-state index contributed by atoms with van der Waals surface area (Å²) in [6, 6.07) is 26.0. The van der Waals surface area contributed by atoms with Gasteiger partial charge in [0.2, 0.25) is 0 Å². The molecule has 0 fully saturated rings. The molecule has 0 atom stereocenters. The van der Waals surface area contributed by atoms with Gasteiger partial charge in [-0.3, -0.25) is 0 Å². The van der Waals surface area contributed by atoms with Crippen molar-refractivity contribution in [3.05, 3.63) is 83.9 Å². The minimum atomic E-state index is 0. The molecule has 0 amide bonds. The molecule has 23 heavy (non-hydrogen) atoms. The Morgan fingerprint density at radius 2 is 1.04 bits per heavy atom. The summed E-state index contributed by atoms with van der Waals surface area (Å²) in [5, 5.41) is 5.46. The summed E-state index contributed by atoms with van der Waals surface area (Å²) in [6.45, 7) is 4.38. The summed E-state index contributed by atoms with van der Waals surface area (Å²) in [5.74, 6) is 0. The molecule has 4 aromatic carbocycles. The summed E-state index contributed by atoms with van der Waals surface area (Å²) in [6.07, 6.45) is 2.27. The summed E-state index contributed by atoms with van der Waals surface area (Å²) in [7, 11) is 0. The van der Waals surface area contributed by atoms with Crippen molar-refractivity contribution < 1.29 is 26.2 Å². The number of hydrogen-bond acceptors (Lipinski definition) is 0. The van der Waals surface area contributed by atoms with Gasteiger partial charge in [0.1, 0.15) is 0 Å². The van der Waals surface area contributed by atoms with Crippen molar-refractivity contribution in [3.63, 3.8) is 0 Å². The van der Waals surface area contributed by atoms with Gasteiger partial charge in [0.15, 0.2) is 0 Å². The number of hydrogen-bond donors (Lipinski definition) is 0. The molecule has 0 heterocycles. The van der Waals surface area contributed by atoms with Crippen LogP contribution in [0, 0.1) is 0 Å². The van der Waals surface area contributed by atoms with E-state index >= 15 is 0 Å². The first-order chi connectivity index (χ1) is 10.8. The van der Waals surface area contributed by atoms with Gasteiger partial charge in [-0.05, 0) is 12.8 Å². The summed E-state index contributed by atoms with van der Waals surface area (Å²) in [4.78, 5) is 0. The monoisotopic (exact) mass is 376 g/mol. The van der Waals surface area contributed by atoms with Gasteiger partial charge in [-0.1, -0.05) is 26.0 Å². The molecule has 0 saturated heterocycles. The van der Waals surface area contributed by atoms with E-state index in [1.807, 2.05) is 0 Å². The van der Waals surface area contributed by atoms with Crippen LogP contribution >= 0.6 is 0 Å². The minimum Gasteiger partial charge on any atom is -0.165 e. The van der Waals surface area contributed by atoms with E-state index in [2.05, 4.69) is 86.6 Å². The molecule has 4 rings (SSSR count). The molecule has 114 valence electrons. The fourth-order valence-corrected chi connectivity index (χ4v) is 2.84. The second-order valence-electron chi connectivity index (χ2n) is 5.69. The van der Waals surface area contributed by atoms with Gasteiger partial charge in [-0.15, -0.1) is 81.2 Å². The second kappa shape index (κ2) is 8.41.